The first-order valence-corrected chi connectivity index (χ1v) is 7.71. The van der Waals surface area contributed by atoms with Crippen LogP contribution in [-0.2, 0) is 9.59 Å². The van der Waals surface area contributed by atoms with Crippen LogP contribution in [0.15, 0.2) is 30.3 Å². The van der Waals surface area contributed by atoms with Crippen LogP contribution in [0.2, 0.25) is 0 Å². The van der Waals surface area contributed by atoms with E-state index in [0.29, 0.717) is 13.0 Å². The number of aryl methyl sites for hydroxylation is 1. The summed E-state index contributed by atoms with van der Waals surface area (Å²) in [7, 11) is 0. The number of benzene rings is 1. The minimum atomic E-state index is -0.139. The molecule has 0 fully saturated rings. The molecule has 22 heavy (non-hydrogen) atoms. The van der Waals surface area contributed by atoms with Crippen LogP contribution in [-0.4, -0.2) is 29.9 Å². The number of amides is 2. The maximum atomic E-state index is 11.9. The molecule has 5 heteroatoms. The Morgan fingerprint density at radius 1 is 1.32 bits per heavy atom. The summed E-state index contributed by atoms with van der Waals surface area (Å²) >= 11 is 0. The molecular weight excluding hydrogens is 278 g/mol. The highest BCUT2D eigenvalue weighted by Gasteiger charge is 2.21. The van der Waals surface area contributed by atoms with Gasteiger partial charge in [0.05, 0.1) is 5.70 Å². The Balaban J connectivity index is 1.96. The lowest BCUT2D eigenvalue weighted by Gasteiger charge is -2.28. The number of nitrogens with zero attached hydrogens (tertiary/aromatic N) is 1. The van der Waals surface area contributed by atoms with Gasteiger partial charge in [-0.15, -0.1) is 0 Å². The Morgan fingerprint density at radius 3 is 2.73 bits per heavy atom. The lowest BCUT2D eigenvalue weighted by atomic mass is 10.1. The van der Waals surface area contributed by atoms with E-state index in [2.05, 4.69) is 17.7 Å². The fraction of sp³-hybridized carbons (Fsp3) is 0.412. The quantitative estimate of drug-likeness (QED) is 0.790. The fourth-order valence-electron chi connectivity index (χ4n) is 2.20. The molecule has 0 atom stereocenters. The molecule has 1 aliphatic rings. The minimum absolute atomic E-state index is 0.0335. The van der Waals surface area contributed by atoms with E-state index in [9.17, 15) is 9.59 Å². The van der Waals surface area contributed by atoms with Gasteiger partial charge in [-0.2, -0.15) is 0 Å². The monoisotopic (exact) mass is 301 g/mol. The van der Waals surface area contributed by atoms with Crippen LogP contribution in [0.1, 0.15) is 37.3 Å². The minimum Gasteiger partial charge on any atom is -0.354 e. The topological polar surface area (TPSA) is 61.4 Å². The van der Waals surface area contributed by atoms with Crippen LogP contribution in [0.5, 0.6) is 0 Å². The first kappa shape index (κ1) is 16.1. The van der Waals surface area contributed by atoms with Crippen LogP contribution in [0.25, 0.3) is 5.70 Å². The van der Waals surface area contributed by atoms with E-state index in [-0.39, 0.29) is 18.4 Å². The molecular formula is C17H23N3O2. The maximum absolute atomic E-state index is 11.9. The van der Waals surface area contributed by atoms with Crippen molar-refractivity contribution in [2.45, 2.75) is 33.1 Å². The number of rotatable bonds is 6. The van der Waals surface area contributed by atoms with E-state index < -0.39 is 0 Å². The summed E-state index contributed by atoms with van der Waals surface area (Å²) in [4.78, 5) is 23.8. The number of hydrogen-bond donors (Lipinski definition) is 2. The number of carbonyl (C=O) groups is 2. The molecule has 0 saturated heterocycles. The predicted molar refractivity (Wildman–Crippen MR) is 86.5 cm³/mol. The smallest absolute Gasteiger partial charge is 0.245 e. The van der Waals surface area contributed by atoms with Crippen molar-refractivity contribution in [3.63, 3.8) is 0 Å². The van der Waals surface area contributed by atoms with Gasteiger partial charge in [-0.3, -0.25) is 15.0 Å². The summed E-state index contributed by atoms with van der Waals surface area (Å²) in [6.07, 6.45) is 4.14. The molecule has 0 unspecified atom stereocenters. The first-order chi connectivity index (χ1) is 10.6. The van der Waals surface area contributed by atoms with Crippen LogP contribution in [0, 0.1) is 6.92 Å². The number of hydrazine groups is 1. The van der Waals surface area contributed by atoms with Gasteiger partial charge in [-0.25, -0.2) is 5.01 Å². The van der Waals surface area contributed by atoms with E-state index in [0.717, 1.165) is 24.1 Å². The van der Waals surface area contributed by atoms with E-state index in [4.69, 9.17) is 0 Å². The lowest BCUT2D eigenvalue weighted by Crippen LogP contribution is -2.49. The van der Waals surface area contributed by atoms with Crippen molar-refractivity contribution in [3.05, 3.63) is 41.5 Å². The standard InChI is InChI=1S/C17H23N3O2/c1-3-4-11-18-16(21)12-20-17(22)10-9-15(19-20)14-7-5-13(2)6-8-14/h5-9,19H,3-4,10-12H2,1-2H3,(H,18,21). The predicted octanol–water partition coefficient (Wildman–Crippen LogP) is 1.99. The summed E-state index contributed by atoms with van der Waals surface area (Å²) in [5.41, 5.74) is 6.10. The number of carbonyl (C=O) groups excluding carboxylic acids is 2. The normalized spacial score (nSPS) is 14.4. The summed E-state index contributed by atoms with van der Waals surface area (Å²) in [6.45, 7) is 4.78. The molecule has 0 aliphatic carbocycles. The zero-order valence-corrected chi connectivity index (χ0v) is 13.2. The maximum Gasteiger partial charge on any atom is 0.245 e. The van der Waals surface area contributed by atoms with Gasteiger partial charge >= 0.3 is 0 Å². The number of unbranched alkanes of at least 4 members (excludes halogenated alkanes) is 1. The van der Waals surface area contributed by atoms with Crippen LogP contribution < -0.4 is 10.7 Å². The molecule has 0 saturated carbocycles. The van der Waals surface area contributed by atoms with Gasteiger partial charge in [0.1, 0.15) is 6.54 Å². The second-order valence-electron chi connectivity index (χ2n) is 5.48. The molecule has 1 heterocycles. The molecule has 0 bridgehead atoms. The Morgan fingerprint density at radius 2 is 2.05 bits per heavy atom. The molecule has 0 spiro atoms. The molecule has 2 N–H and O–H groups in total. The third-order valence-electron chi connectivity index (χ3n) is 3.55. The zero-order chi connectivity index (χ0) is 15.9. The molecule has 2 amide bonds. The summed E-state index contributed by atoms with van der Waals surface area (Å²) in [6, 6.07) is 8.05. The van der Waals surface area contributed by atoms with Gasteiger partial charge in [0.2, 0.25) is 11.8 Å². The van der Waals surface area contributed by atoms with Gasteiger partial charge in [0, 0.05) is 13.0 Å². The van der Waals surface area contributed by atoms with Crippen molar-refractivity contribution >= 4 is 17.5 Å². The molecule has 0 radical (unpaired) electrons. The highest BCUT2D eigenvalue weighted by Crippen LogP contribution is 2.17. The Kier molecular flexibility index (Phi) is 5.58. The van der Waals surface area contributed by atoms with Crippen LogP contribution in [0.3, 0.4) is 0 Å². The van der Waals surface area contributed by atoms with Gasteiger partial charge in [0.15, 0.2) is 0 Å². The second-order valence-corrected chi connectivity index (χ2v) is 5.48. The van der Waals surface area contributed by atoms with Crippen molar-refractivity contribution in [1.29, 1.82) is 0 Å². The third-order valence-corrected chi connectivity index (χ3v) is 3.55. The molecule has 1 aromatic carbocycles. The van der Waals surface area contributed by atoms with Crippen molar-refractivity contribution in [2.24, 2.45) is 0 Å². The van der Waals surface area contributed by atoms with E-state index in [1.54, 1.807) is 0 Å². The molecule has 1 aromatic rings. The van der Waals surface area contributed by atoms with E-state index >= 15 is 0 Å². The van der Waals surface area contributed by atoms with Gasteiger partial charge in [0.25, 0.3) is 0 Å². The average Bonchev–Trinajstić information content (AvgIpc) is 2.51. The molecule has 0 aromatic heterocycles. The second kappa shape index (κ2) is 7.64. The van der Waals surface area contributed by atoms with E-state index in [1.807, 2.05) is 37.3 Å². The molecule has 2 rings (SSSR count). The lowest BCUT2D eigenvalue weighted by molar-refractivity contribution is -0.137. The molecule has 1 aliphatic heterocycles. The van der Waals surface area contributed by atoms with Crippen molar-refractivity contribution in [1.82, 2.24) is 15.8 Å². The first-order valence-electron chi connectivity index (χ1n) is 7.71. The summed E-state index contributed by atoms with van der Waals surface area (Å²) in [5.74, 6) is -0.235. The highest BCUT2D eigenvalue weighted by molar-refractivity contribution is 5.88. The molecule has 118 valence electrons. The third kappa shape index (κ3) is 4.35. The van der Waals surface area contributed by atoms with Crippen molar-refractivity contribution in [2.75, 3.05) is 13.1 Å². The Hall–Kier alpha value is -2.30. The highest BCUT2D eigenvalue weighted by atomic mass is 16.2. The SMILES string of the molecule is CCCCNC(=O)CN1NC(c2ccc(C)cc2)=CCC1=O. The van der Waals surface area contributed by atoms with Gasteiger partial charge in [-0.05, 0) is 25.0 Å². The van der Waals surface area contributed by atoms with Crippen LogP contribution in [0.4, 0.5) is 0 Å². The fourth-order valence-corrected chi connectivity index (χ4v) is 2.20. The van der Waals surface area contributed by atoms with Crippen molar-refractivity contribution < 1.29 is 9.59 Å². The van der Waals surface area contributed by atoms with Gasteiger partial charge in [-0.1, -0.05) is 43.2 Å². The van der Waals surface area contributed by atoms with Gasteiger partial charge < -0.3 is 5.32 Å². The van der Waals surface area contributed by atoms with Crippen LogP contribution >= 0.6 is 0 Å². The number of nitrogens with one attached hydrogen (secondary N) is 2. The molecule has 5 nitrogen and oxygen atoms in total. The van der Waals surface area contributed by atoms with Crippen molar-refractivity contribution in [3.8, 4) is 0 Å². The zero-order valence-electron chi connectivity index (χ0n) is 13.2. The number of hydrogen-bond acceptors (Lipinski definition) is 3. The Bertz CT molecular complexity index is 564. The van der Waals surface area contributed by atoms with E-state index in [1.165, 1.54) is 10.6 Å². The summed E-state index contributed by atoms with van der Waals surface area (Å²) < 4.78 is 0. The Labute approximate surface area is 131 Å². The largest absolute Gasteiger partial charge is 0.354 e. The summed E-state index contributed by atoms with van der Waals surface area (Å²) in [5, 5.41) is 4.21. The average molecular weight is 301 g/mol.